The maximum Gasteiger partial charge on any atom is 0.229 e. The predicted molar refractivity (Wildman–Crippen MR) is 138 cm³/mol. The van der Waals surface area contributed by atoms with E-state index in [0.29, 0.717) is 36.6 Å². The van der Waals surface area contributed by atoms with Gasteiger partial charge in [-0.1, -0.05) is 6.08 Å². The van der Waals surface area contributed by atoms with Crippen molar-refractivity contribution in [1.82, 2.24) is 34.4 Å². The fraction of sp³-hybridized carbons (Fsp3) is 0.333. The van der Waals surface area contributed by atoms with Crippen LogP contribution >= 0.6 is 0 Å². The third-order valence-corrected chi connectivity index (χ3v) is 7.69. The van der Waals surface area contributed by atoms with E-state index in [-0.39, 0.29) is 5.88 Å². The lowest BCUT2D eigenvalue weighted by atomic mass is 9.87. The summed E-state index contributed by atoms with van der Waals surface area (Å²) in [5.74, 6) is 0.789. The number of nitriles is 1. The molecule has 2 bridgehead atoms. The number of aromatic nitrogens is 6. The summed E-state index contributed by atoms with van der Waals surface area (Å²) >= 11 is 0. The van der Waals surface area contributed by atoms with Gasteiger partial charge in [-0.3, -0.25) is 14.9 Å². The molecule has 4 aromatic heterocycles. The average Bonchev–Trinajstić information content (AvgIpc) is 3.40. The fourth-order valence-electron chi connectivity index (χ4n) is 5.74. The first kappa shape index (κ1) is 22.8. The first-order valence-electron chi connectivity index (χ1n) is 12.7. The highest BCUT2D eigenvalue weighted by Crippen LogP contribution is 2.36. The Hall–Kier alpha value is -4.40. The number of hydrogen-bond acceptors (Lipinski definition) is 10. The number of piperazine rings is 1. The van der Waals surface area contributed by atoms with Gasteiger partial charge in [0.15, 0.2) is 0 Å². The van der Waals surface area contributed by atoms with Crippen molar-refractivity contribution in [2.75, 3.05) is 31.2 Å². The quantitative estimate of drug-likeness (QED) is 0.430. The van der Waals surface area contributed by atoms with Gasteiger partial charge >= 0.3 is 0 Å². The summed E-state index contributed by atoms with van der Waals surface area (Å²) in [6.45, 7) is 3.74. The third kappa shape index (κ3) is 3.95. The van der Waals surface area contributed by atoms with Crippen LogP contribution in [0.2, 0.25) is 0 Å². The van der Waals surface area contributed by atoms with Crippen molar-refractivity contribution in [1.29, 1.82) is 5.26 Å². The van der Waals surface area contributed by atoms with Crippen LogP contribution in [0.25, 0.3) is 22.3 Å². The molecule has 4 aliphatic rings. The number of aromatic hydroxyl groups is 1. The molecule has 0 aliphatic carbocycles. The molecule has 0 radical (unpaired) electrons. The molecule has 4 aliphatic heterocycles. The van der Waals surface area contributed by atoms with Crippen LogP contribution in [0, 0.1) is 11.3 Å². The van der Waals surface area contributed by atoms with Gasteiger partial charge in [0.05, 0.1) is 66.7 Å². The number of fused-ring (bicyclic) bond motifs is 3. The number of rotatable bonds is 5. The van der Waals surface area contributed by atoms with E-state index >= 15 is 0 Å². The summed E-state index contributed by atoms with van der Waals surface area (Å²) in [5.41, 5.74) is 5.89. The smallest absolute Gasteiger partial charge is 0.229 e. The molecule has 3 fully saturated rings. The lowest BCUT2D eigenvalue weighted by molar-refractivity contribution is -0.00981. The van der Waals surface area contributed by atoms with E-state index < -0.39 is 0 Å². The van der Waals surface area contributed by atoms with Gasteiger partial charge in [0.1, 0.15) is 11.9 Å². The molecular formula is C27H25N9O2. The van der Waals surface area contributed by atoms with E-state index in [4.69, 9.17) is 14.7 Å². The number of hydrogen-bond donors (Lipinski definition) is 1. The second-order valence-electron chi connectivity index (χ2n) is 9.91. The van der Waals surface area contributed by atoms with Crippen molar-refractivity contribution in [2.45, 2.75) is 31.5 Å². The molecule has 8 heterocycles. The zero-order valence-electron chi connectivity index (χ0n) is 20.6. The Morgan fingerprint density at radius 2 is 1.95 bits per heavy atom. The standard InChI is InChI=1S/C27H25N9O2/c28-7-19-8-33-36-13-18(17-1-3-38-4-2-17)5-23(27(19)36)24-10-31-25(11-30-24)34-15-21-6-22(16-34)35(21)14-20-9-32-26(37)12-29-20/h1,5,8-13,21-22H,2-4,6,14-16H2,(H,32,37). The van der Waals surface area contributed by atoms with E-state index in [2.05, 4.69) is 43.1 Å². The summed E-state index contributed by atoms with van der Waals surface area (Å²) in [4.78, 5) is 22.5. The minimum Gasteiger partial charge on any atom is -0.492 e. The van der Waals surface area contributed by atoms with Crippen LogP contribution < -0.4 is 4.90 Å². The van der Waals surface area contributed by atoms with Gasteiger partial charge in [0, 0.05) is 43.5 Å². The topological polar surface area (TPSA) is 129 Å². The predicted octanol–water partition coefficient (Wildman–Crippen LogP) is 2.43. The second-order valence-corrected chi connectivity index (χ2v) is 9.91. The molecule has 0 saturated carbocycles. The maximum absolute atomic E-state index is 9.69. The third-order valence-electron chi connectivity index (χ3n) is 7.69. The molecule has 38 heavy (non-hydrogen) atoms. The molecule has 2 unspecified atom stereocenters. The Morgan fingerprint density at radius 3 is 2.66 bits per heavy atom. The Bertz CT molecular complexity index is 1560. The van der Waals surface area contributed by atoms with E-state index in [0.717, 1.165) is 60.6 Å². The SMILES string of the molecule is N#Cc1cnn2cc(C3=CCOCC3)cc(-c3cnc(N4CC5CC(C4)N5Cc4cnc(O)cn4)cn3)c12. The first-order chi connectivity index (χ1) is 18.7. The number of piperidine rings is 1. The van der Waals surface area contributed by atoms with Crippen molar-refractivity contribution >= 4 is 16.9 Å². The highest BCUT2D eigenvalue weighted by Gasteiger charge is 2.45. The van der Waals surface area contributed by atoms with Crippen LogP contribution in [0.1, 0.15) is 29.7 Å². The molecule has 0 amide bonds. The molecule has 0 spiro atoms. The Balaban J connectivity index is 1.13. The first-order valence-corrected chi connectivity index (χ1v) is 12.7. The minimum atomic E-state index is -0.0593. The van der Waals surface area contributed by atoms with Crippen LogP contribution in [0.15, 0.2) is 49.3 Å². The van der Waals surface area contributed by atoms with Gasteiger partial charge in [0.2, 0.25) is 5.88 Å². The fourth-order valence-corrected chi connectivity index (χ4v) is 5.74. The van der Waals surface area contributed by atoms with Gasteiger partial charge in [0.25, 0.3) is 0 Å². The molecular weight excluding hydrogens is 482 g/mol. The molecule has 190 valence electrons. The molecule has 0 aromatic carbocycles. The van der Waals surface area contributed by atoms with Gasteiger partial charge in [-0.15, -0.1) is 0 Å². The summed E-state index contributed by atoms with van der Waals surface area (Å²) in [5, 5.41) is 23.5. The summed E-state index contributed by atoms with van der Waals surface area (Å²) < 4.78 is 7.24. The van der Waals surface area contributed by atoms with Crippen LogP contribution in [0.3, 0.4) is 0 Å². The van der Waals surface area contributed by atoms with Crippen LogP contribution in [0.5, 0.6) is 5.88 Å². The molecule has 11 heteroatoms. The second kappa shape index (κ2) is 9.16. The van der Waals surface area contributed by atoms with Crippen molar-refractivity contribution < 1.29 is 9.84 Å². The van der Waals surface area contributed by atoms with E-state index in [9.17, 15) is 10.4 Å². The Labute approximate surface area is 218 Å². The number of anilines is 1. The van der Waals surface area contributed by atoms with E-state index in [1.807, 2.05) is 12.4 Å². The highest BCUT2D eigenvalue weighted by molar-refractivity contribution is 5.85. The van der Waals surface area contributed by atoms with Crippen molar-refractivity contribution in [3.8, 4) is 23.2 Å². The Morgan fingerprint density at radius 1 is 1.05 bits per heavy atom. The van der Waals surface area contributed by atoms with Crippen LogP contribution in [-0.2, 0) is 11.3 Å². The molecule has 4 aromatic rings. The largest absolute Gasteiger partial charge is 0.492 e. The zero-order chi connectivity index (χ0) is 25.6. The van der Waals surface area contributed by atoms with Gasteiger partial charge < -0.3 is 14.7 Å². The van der Waals surface area contributed by atoms with Gasteiger partial charge in [-0.2, -0.15) is 10.4 Å². The number of pyridine rings is 1. The minimum absolute atomic E-state index is 0.0593. The van der Waals surface area contributed by atoms with Crippen molar-refractivity contribution in [3.05, 3.63) is 66.1 Å². The molecule has 2 atom stereocenters. The van der Waals surface area contributed by atoms with E-state index in [1.165, 1.54) is 11.8 Å². The molecule has 3 saturated heterocycles. The van der Waals surface area contributed by atoms with Crippen LogP contribution in [-0.4, -0.2) is 77.9 Å². The maximum atomic E-state index is 9.69. The lowest BCUT2D eigenvalue weighted by Gasteiger charge is -2.56. The van der Waals surface area contributed by atoms with Gasteiger partial charge in [-0.05, 0) is 30.0 Å². The average molecular weight is 508 g/mol. The van der Waals surface area contributed by atoms with Crippen molar-refractivity contribution in [2.24, 2.45) is 0 Å². The van der Waals surface area contributed by atoms with Crippen molar-refractivity contribution in [3.63, 3.8) is 0 Å². The number of ether oxygens (including phenoxy) is 1. The highest BCUT2D eigenvalue weighted by atomic mass is 16.5. The van der Waals surface area contributed by atoms with E-state index in [1.54, 1.807) is 23.1 Å². The summed E-state index contributed by atoms with van der Waals surface area (Å²) in [6, 6.07) is 5.17. The monoisotopic (exact) mass is 507 g/mol. The lowest BCUT2D eigenvalue weighted by Crippen LogP contribution is -2.68. The zero-order valence-corrected chi connectivity index (χ0v) is 20.6. The molecule has 8 rings (SSSR count). The summed E-state index contributed by atoms with van der Waals surface area (Å²) in [6.07, 6.45) is 14.3. The number of nitrogens with zero attached hydrogens (tertiary/aromatic N) is 9. The molecule has 1 N–H and O–H groups in total. The molecule has 11 nitrogen and oxygen atoms in total. The normalized spacial score (nSPS) is 21.1. The summed E-state index contributed by atoms with van der Waals surface area (Å²) in [7, 11) is 0. The Kier molecular flexibility index (Phi) is 5.49. The van der Waals surface area contributed by atoms with Crippen LogP contribution in [0.4, 0.5) is 5.82 Å². The van der Waals surface area contributed by atoms with Gasteiger partial charge in [-0.25, -0.2) is 14.5 Å².